The predicted molar refractivity (Wildman–Crippen MR) is 104 cm³/mol. The number of ether oxygens (including phenoxy) is 2. The highest BCUT2D eigenvalue weighted by atomic mass is 16.5. The van der Waals surface area contributed by atoms with E-state index in [1.54, 1.807) is 7.11 Å². The fraction of sp³-hybridized carbons (Fsp3) is 0.500. The molecule has 0 saturated carbocycles. The SMILES string of the molecule is CCNC(=NCc1ccn(-c2ccc(OC)cc2)n1)NC1CC2CCC1O2. The molecule has 2 fully saturated rings. The molecule has 7 nitrogen and oxygen atoms in total. The van der Waals surface area contributed by atoms with Gasteiger partial charge in [0.25, 0.3) is 0 Å². The standard InChI is InChI=1S/C20H27N5O2/c1-3-21-20(23-18-12-17-8-9-19(18)27-17)22-13-14-10-11-25(24-14)15-4-6-16(26-2)7-5-15/h4-7,10-11,17-19H,3,8-9,12-13H2,1-2H3,(H2,21,22,23). The van der Waals surface area contributed by atoms with Crippen LogP contribution < -0.4 is 15.4 Å². The van der Waals surface area contributed by atoms with Crippen molar-refractivity contribution in [3.05, 3.63) is 42.2 Å². The molecule has 1 aromatic heterocycles. The summed E-state index contributed by atoms with van der Waals surface area (Å²) in [6.45, 7) is 3.43. The second kappa shape index (κ2) is 8.00. The summed E-state index contributed by atoms with van der Waals surface area (Å²) >= 11 is 0. The van der Waals surface area contributed by atoms with Crippen molar-refractivity contribution in [1.82, 2.24) is 20.4 Å². The molecule has 2 aromatic rings. The summed E-state index contributed by atoms with van der Waals surface area (Å²) in [6.07, 6.45) is 6.12. The first-order valence-corrected chi connectivity index (χ1v) is 9.64. The van der Waals surface area contributed by atoms with Crippen LogP contribution >= 0.6 is 0 Å². The normalized spacial score (nSPS) is 24.2. The number of aromatic nitrogens is 2. The first-order chi connectivity index (χ1) is 13.2. The summed E-state index contributed by atoms with van der Waals surface area (Å²) in [5.41, 5.74) is 1.92. The molecule has 3 heterocycles. The van der Waals surface area contributed by atoms with Gasteiger partial charge in [-0.2, -0.15) is 5.10 Å². The smallest absolute Gasteiger partial charge is 0.191 e. The Balaban J connectivity index is 1.40. The van der Waals surface area contributed by atoms with Crippen molar-refractivity contribution in [2.75, 3.05) is 13.7 Å². The Morgan fingerprint density at radius 2 is 2.15 bits per heavy atom. The molecule has 144 valence electrons. The Morgan fingerprint density at radius 1 is 1.30 bits per heavy atom. The molecular formula is C20H27N5O2. The number of fused-ring (bicyclic) bond motifs is 2. The van der Waals surface area contributed by atoms with Crippen molar-refractivity contribution < 1.29 is 9.47 Å². The molecule has 0 amide bonds. The Labute approximate surface area is 159 Å². The van der Waals surface area contributed by atoms with E-state index in [1.165, 1.54) is 6.42 Å². The predicted octanol–water partition coefficient (Wildman–Crippen LogP) is 2.26. The van der Waals surface area contributed by atoms with Gasteiger partial charge in [0, 0.05) is 12.7 Å². The number of aliphatic imine (C=N–C) groups is 1. The number of nitrogens with one attached hydrogen (secondary N) is 2. The average molecular weight is 369 g/mol. The lowest BCUT2D eigenvalue weighted by Crippen LogP contribution is -2.47. The summed E-state index contributed by atoms with van der Waals surface area (Å²) in [4.78, 5) is 4.71. The van der Waals surface area contributed by atoms with Crippen molar-refractivity contribution in [2.45, 2.75) is 51.0 Å². The summed E-state index contributed by atoms with van der Waals surface area (Å²) < 4.78 is 13.0. The quantitative estimate of drug-likeness (QED) is 0.604. The van der Waals surface area contributed by atoms with Gasteiger partial charge in [-0.25, -0.2) is 9.67 Å². The molecule has 2 aliphatic heterocycles. The third kappa shape index (κ3) is 4.08. The average Bonchev–Trinajstić information content (AvgIpc) is 3.43. The van der Waals surface area contributed by atoms with Gasteiger partial charge in [-0.15, -0.1) is 0 Å². The van der Waals surface area contributed by atoms with Gasteiger partial charge in [0.1, 0.15) is 5.75 Å². The molecular weight excluding hydrogens is 342 g/mol. The fourth-order valence-electron chi connectivity index (χ4n) is 3.77. The molecule has 2 saturated heterocycles. The van der Waals surface area contributed by atoms with E-state index < -0.39 is 0 Å². The number of benzene rings is 1. The van der Waals surface area contributed by atoms with E-state index in [4.69, 9.17) is 14.5 Å². The molecule has 1 aromatic carbocycles. The number of rotatable bonds is 6. The zero-order chi connectivity index (χ0) is 18.6. The van der Waals surface area contributed by atoms with Crippen molar-refractivity contribution in [1.29, 1.82) is 0 Å². The minimum absolute atomic E-state index is 0.327. The Bertz CT molecular complexity index is 786. The van der Waals surface area contributed by atoms with Gasteiger partial charge in [-0.1, -0.05) is 0 Å². The highest BCUT2D eigenvalue weighted by molar-refractivity contribution is 5.80. The molecule has 3 unspecified atom stereocenters. The molecule has 7 heteroatoms. The molecule has 2 aliphatic rings. The first-order valence-electron chi connectivity index (χ1n) is 9.64. The topological polar surface area (TPSA) is 72.7 Å². The lowest BCUT2D eigenvalue weighted by Gasteiger charge is -2.22. The highest BCUT2D eigenvalue weighted by Crippen LogP contribution is 2.34. The molecule has 27 heavy (non-hydrogen) atoms. The van der Waals surface area contributed by atoms with E-state index in [-0.39, 0.29) is 0 Å². The highest BCUT2D eigenvalue weighted by Gasteiger charge is 2.41. The van der Waals surface area contributed by atoms with E-state index in [0.29, 0.717) is 24.8 Å². The van der Waals surface area contributed by atoms with Gasteiger partial charge in [0.15, 0.2) is 5.96 Å². The minimum Gasteiger partial charge on any atom is -0.497 e. The lowest BCUT2D eigenvalue weighted by molar-refractivity contribution is 0.0992. The molecule has 2 N–H and O–H groups in total. The van der Waals surface area contributed by atoms with Crippen LogP contribution in [0.5, 0.6) is 5.75 Å². The largest absolute Gasteiger partial charge is 0.497 e. The second-order valence-electron chi connectivity index (χ2n) is 7.01. The molecule has 0 radical (unpaired) electrons. The van der Waals surface area contributed by atoms with Crippen LogP contribution in [0.2, 0.25) is 0 Å². The van der Waals surface area contributed by atoms with Crippen LogP contribution in [0.25, 0.3) is 5.69 Å². The maximum Gasteiger partial charge on any atom is 0.191 e. The van der Waals surface area contributed by atoms with Crippen molar-refractivity contribution in [2.24, 2.45) is 4.99 Å². The number of nitrogens with zero attached hydrogens (tertiary/aromatic N) is 3. The van der Waals surface area contributed by atoms with Gasteiger partial charge in [-0.05, 0) is 56.5 Å². The summed E-state index contributed by atoms with van der Waals surface area (Å²) in [5.74, 6) is 1.67. The van der Waals surface area contributed by atoms with E-state index >= 15 is 0 Å². The van der Waals surface area contributed by atoms with Crippen LogP contribution in [-0.2, 0) is 11.3 Å². The Kier molecular flexibility index (Phi) is 5.29. The van der Waals surface area contributed by atoms with Gasteiger partial charge < -0.3 is 20.1 Å². The molecule has 2 bridgehead atoms. The Hall–Kier alpha value is -2.54. The van der Waals surface area contributed by atoms with Crippen LogP contribution in [0.3, 0.4) is 0 Å². The van der Waals surface area contributed by atoms with Crippen LogP contribution in [0.4, 0.5) is 0 Å². The van der Waals surface area contributed by atoms with Gasteiger partial charge in [0.2, 0.25) is 0 Å². The lowest BCUT2D eigenvalue weighted by atomic mass is 9.96. The van der Waals surface area contributed by atoms with Crippen LogP contribution in [-0.4, -0.2) is 47.6 Å². The zero-order valence-electron chi connectivity index (χ0n) is 15.9. The van der Waals surface area contributed by atoms with Gasteiger partial charge in [0.05, 0.1) is 43.3 Å². The summed E-state index contributed by atoms with van der Waals surface area (Å²) in [7, 11) is 1.66. The summed E-state index contributed by atoms with van der Waals surface area (Å²) in [5, 5.41) is 11.5. The molecule has 0 aliphatic carbocycles. The molecule has 3 atom stereocenters. The number of hydrogen-bond acceptors (Lipinski definition) is 4. The second-order valence-corrected chi connectivity index (χ2v) is 7.01. The van der Waals surface area contributed by atoms with Crippen molar-refractivity contribution in [3.8, 4) is 11.4 Å². The number of methoxy groups -OCH3 is 1. The number of guanidine groups is 1. The van der Waals surface area contributed by atoms with E-state index in [1.807, 2.05) is 41.2 Å². The first kappa shape index (κ1) is 17.9. The molecule has 0 spiro atoms. The third-order valence-corrected chi connectivity index (χ3v) is 5.15. The minimum atomic E-state index is 0.327. The number of hydrogen-bond donors (Lipinski definition) is 2. The van der Waals surface area contributed by atoms with Gasteiger partial charge in [-0.3, -0.25) is 0 Å². The van der Waals surface area contributed by atoms with E-state index in [2.05, 4.69) is 22.7 Å². The van der Waals surface area contributed by atoms with Crippen LogP contribution in [0, 0.1) is 0 Å². The maximum absolute atomic E-state index is 5.93. The monoisotopic (exact) mass is 369 g/mol. The summed E-state index contributed by atoms with van der Waals surface area (Å²) in [6, 6.07) is 10.2. The van der Waals surface area contributed by atoms with Crippen LogP contribution in [0.15, 0.2) is 41.5 Å². The Morgan fingerprint density at radius 3 is 2.81 bits per heavy atom. The maximum atomic E-state index is 5.93. The fourth-order valence-corrected chi connectivity index (χ4v) is 3.77. The van der Waals surface area contributed by atoms with Crippen molar-refractivity contribution in [3.63, 3.8) is 0 Å². The van der Waals surface area contributed by atoms with Gasteiger partial charge >= 0.3 is 0 Å². The molecule has 4 rings (SSSR count). The van der Waals surface area contributed by atoms with Crippen molar-refractivity contribution >= 4 is 5.96 Å². The van der Waals surface area contributed by atoms with Crippen LogP contribution in [0.1, 0.15) is 31.9 Å². The zero-order valence-corrected chi connectivity index (χ0v) is 15.9. The van der Waals surface area contributed by atoms with E-state index in [0.717, 1.165) is 42.5 Å². The third-order valence-electron chi connectivity index (χ3n) is 5.15. The van der Waals surface area contributed by atoms with E-state index in [9.17, 15) is 0 Å².